The summed E-state index contributed by atoms with van der Waals surface area (Å²) >= 11 is 0. The molecule has 2 unspecified atom stereocenters. The number of aliphatic imine (C=N–C) groups is 1. The van der Waals surface area contributed by atoms with Gasteiger partial charge in [-0.1, -0.05) is 42.0 Å². The molecular formula is C23H29N5O3S. The van der Waals surface area contributed by atoms with Crippen LogP contribution in [0.15, 0.2) is 47.5 Å². The second kappa shape index (κ2) is 10.5. The maximum Gasteiger partial charge on any atom is 0.238 e. The molecule has 1 saturated heterocycles. The van der Waals surface area contributed by atoms with Crippen molar-refractivity contribution in [1.29, 1.82) is 0 Å². The van der Waals surface area contributed by atoms with Crippen LogP contribution < -0.4 is 11.1 Å². The van der Waals surface area contributed by atoms with E-state index in [-0.39, 0.29) is 24.9 Å². The first kappa shape index (κ1) is 23.6. The molecule has 8 nitrogen and oxygen atoms in total. The Morgan fingerprint density at radius 2 is 1.97 bits per heavy atom. The standard InChI is InChI=1S/C23H29N5O3S/c1-16-4-9-21(17(2)10-16)26-15-32(31)27-12-20(14-29)28(22(30)13-27)11-18-5-7-19(8-6-18)23(24)25-3/h4-10,14,20,26H,11-13,15H2,1-3H3,(H2,24,25). The number of benzene rings is 2. The summed E-state index contributed by atoms with van der Waals surface area (Å²) in [6, 6.07) is 12.7. The Hall–Kier alpha value is -3.04. The summed E-state index contributed by atoms with van der Waals surface area (Å²) in [5.74, 6) is 0.376. The SMILES string of the molecule is CN=C(N)c1ccc(CN2C(=O)CN(S(=O)CNc3ccc(C)cc3C)CC2C=O)cc1. The highest BCUT2D eigenvalue weighted by Crippen LogP contribution is 2.19. The normalized spacial score (nSPS) is 18.5. The highest BCUT2D eigenvalue weighted by Gasteiger charge is 2.34. The Morgan fingerprint density at radius 1 is 1.25 bits per heavy atom. The predicted molar refractivity (Wildman–Crippen MR) is 128 cm³/mol. The van der Waals surface area contributed by atoms with Crippen LogP contribution in [0.3, 0.4) is 0 Å². The van der Waals surface area contributed by atoms with Crippen molar-refractivity contribution >= 4 is 34.7 Å². The van der Waals surface area contributed by atoms with Gasteiger partial charge in [0.05, 0.1) is 6.54 Å². The molecule has 1 heterocycles. The second-order valence-electron chi connectivity index (χ2n) is 7.81. The molecule has 32 heavy (non-hydrogen) atoms. The van der Waals surface area contributed by atoms with Crippen molar-refractivity contribution in [3.8, 4) is 0 Å². The molecule has 1 amide bonds. The number of rotatable bonds is 8. The van der Waals surface area contributed by atoms with Crippen molar-refractivity contribution in [2.24, 2.45) is 10.7 Å². The van der Waals surface area contributed by atoms with E-state index in [1.165, 1.54) is 4.90 Å². The van der Waals surface area contributed by atoms with Gasteiger partial charge in [0.25, 0.3) is 0 Å². The number of carbonyl (C=O) groups excluding carboxylic acids is 2. The number of carbonyl (C=O) groups is 2. The molecule has 0 aliphatic carbocycles. The van der Waals surface area contributed by atoms with Gasteiger partial charge in [0.1, 0.15) is 35.0 Å². The highest BCUT2D eigenvalue weighted by molar-refractivity contribution is 7.82. The van der Waals surface area contributed by atoms with Crippen molar-refractivity contribution in [2.75, 3.05) is 31.3 Å². The Bertz CT molecular complexity index is 1040. The van der Waals surface area contributed by atoms with Gasteiger partial charge in [0.2, 0.25) is 5.91 Å². The summed E-state index contributed by atoms with van der Waals surface area (Å²) in [6.45, 7) is 4.53. The van der Waals surface area contributed by atoms with Crippen LogP contribution in [0.4, 0.5) is 5.69 Å². The van der Waals surface area contributed by atoms with Crippen LogP contribution in [0.25, 0.3) is 0 Å². The number of hydrogen-bond acceptors (Lipinski definition) is 5. The molecule has 0 aromatic heterocycles. The van der Waals surface area contributed by atoms with Crippen LogP contribution in [0, 0.1) is 13.8 Å². The zero-order chi connectivity index (χ0) is 23.3. The van der Waals surface area contributed by atoms with Crippen LogP contribution in [0.5, 0.6) is 0 Å². The minimum absolute atomic E-state index is 0.000957. The molecule has 0 saturated carbocycles. The molecule has 2 aromatic carbocycles. The lowest BCUT2D eigenvalue weighted by Gasteiger charge is -2.37. The second-order valence-corrected chi connectivity index (χ2v) is 9.26. The third-order valence-corrected chi connectivity index (χ3v) is 6.73. The number of aryl methyl sites for hydroxylation is 2. The van der Waals surface area contributed by atoms with Crippen LogP contribution in [-0.4, -0.2) is 63.5 Å². The Morgan fingerprint density at radius 3 is 2.59 bits per heavy atom. The Kier molecular flexibility index (Phi) is 7.76. The summed E-state index contributed by atoms with van der Waals surface area (Å²) < 4.78 is 14.4. The van der Waals surface area contributed by atoms with E-state index in [4.69, 9.17) is 5.73 Å². The molecule has 0 bridgehead atoms. The average molecular weight is 456 g/mol. The van der Waals surface area contributed by atoms with Crippen LogP contribution in [0.2, 0.25) is 0 Å². The quantitative estimate of drug-likeness (QED) is 0.357. The molecule has 2 aromatic rings. The molecule has 1 aliphatic rings. The zero-order valence-corrected chi connectivity index (χ0v) is 19.4. The number of amidine groups is 1. The van der Waals surface area contributed by atoms with Crippen LogP contribution >= 0.6 is 0 Å². The third-order valence-electron chi connectivity index (χ3n) is 5.48. The van der Waals surface area contributed by atoms with E-state index in [2.05, 4.69) is 10.3 Å². The number of aldehydes is 1. The van der Waals surface area contributed by atoms with Gasteiger partial charge in [-0.05, 0) is 31.0 Å². The molecule has 9 heteroatoms. The lowest BCUT2D eigenvalue weighted by molar-refractivity contribution is -0.141. The van der Waals surface area contributed by atoms with E-state index in [9.17, 15) is 13.8 Å². The van der Waals surface area contributed by atoms with Crippen molar-refractivity contribution in [1.82, 2.24) is 9.21 Å². The van der Waals surface area contributed by atoms with E-state index < -0.39 is 17.0 Å². The molecule has 3 N–H and O–H groups in total. The van der Waals surface area contributed by atoms with Gasteiger partial charge in [0, 0.05) is 31.4 Å². The lowest BCUT2D eigenvalue weighted by Crippen LogP contribution is -2.57. The number of piperazine rings is 1. The van der Waals surface area contributed by atoms with Gasteiger partial charge in [-0.15, -0.1) is 0 Å². The number of nitrogens with zero attached hydrogens (tertiary/aromatic N) is 3. The molecule has 3 rings (SSSR count). The van der Waals surface area contributed by atoms with Crippen molar-refractivity contribution in [3.05, 3.63) is 64.7 Å². The Labute approximate surface area is 191 Å². The molecule has 1 fully saturated rings. The first-order chi connectivity index (χ1) is 15.3. The lowest BCUT2D eigenvalue weighted by atomic mass is 10.1. The summed E-state index contributed by atoms with van der Waals surface area (Å²) in [7, 11) is 0.177. The van der Waals surface area contributed by atoms with Crippen molar-refractivity contribution in [2.45, 2.75) is 26.4 Å². The van der Waals surface area contributed by atoms with E-state index >= 15 is 0 Å². The van der Waals surface area contributed by atoms with E-state index in [1.54, 1.807) is 11.4 Å². The fraction of sp³-hybridized carbons (Fsp3) is 0.348. The average Bonchev–Trinajstić information content (AvgIpc) is 2.79. The van der Waals surface area contributed by atoms with Gasteiger partial charge >= 0.3 is 0 Å². The molecular weight excluding hydrogens is 426 g/mol. The third kappa shape index (κ3) is 5.60. The van der Waals surface area contributed by atoms with Gasteiger partial charge in [-0.25, -0.2) is 8.51 Å². The topological polar surface area (TPSA) is 108 Å². The highest BCUT2D eigenvalue weighted by atomic mass is 32.2. The summed E-state index contributed by atoms with van der Waals surface area (Å²) in [4.78, 5) is 30.0. The summed E-state index contributed by atoms with van der Waals surface area (Å²) in [5.41, 5.74) is 10.6. The minimum Gasteiger partial charge on any atom is -0.384 e. The number of anilines is 1. The van der Waals surface area contributed by atoms with Crippen LogP contribution in [-0.2, 0) is 27.1 Å². The maximum absolute atomic E-state index is 12.8. The zero-order valence-electron chi connectivity index (χ0n) is 18.6. The van der Waals surface area contributed by atoms with E-state index in [0.717, 1.165) is 34.2 Å². The number of nitrogens with one attached hydrogen (secondary N) is 1. The first-order valence-corrected chi connectivity index (χ1v) is 11.6. The largest absolute Gasteiger partial charge is 0.384 e. The Balaban J connectivity index is 1.62. The van der Waals surface area contributed by atoms with Gasteiger partial charge < -0.3 is 20.7 Å². The molecule has 0 radical (unpaired) electrons. The van der Waals surface area contributed by atoms with Gasteiger partial charge in [0.15, 0.2) is 0 Å². The fourth-order valence-corrected chi connectivity index (χ4v) is 4.66. The monoisotopic (exact) mass is 455 g/mol. The number of hydrogen-bond donors (Lipinski definition) is 2. The van der Waals surface area contributed by atoms with Gasteiger partial charge in [-0.2, -0.15) is 0 Å². The summed E-state index contributed by atoms with van der Waals surface area (Å²) in [6.07, 6.45) is 0.745. The molecule has 0 spiro atoms. The van der Waals surface area contributed by atoms with Crippen LogP contribution in [0.1, 0.15) is 22.3 Å². The molecule has 170 valence electrons. The smallest absolute Gasteiger partial charge is 0.238 e. The number of nitrogens with two attached hydrogens (primary N) is 1. The van der Waals surface area contributed by atoms with Crippen molar-refractivity contribution < 1.29 is 13.8 Å². The molecule has 1 aliphatic heterocycles. The maximum atomic E-state index is 12.8. The minimum atomic E-state index is -1.45. The predicted octanol–water partition coefficient (Wildman–Crippen LogP) is 1.58. The van der Waals surface area contributed by atoms with Crippen molar-refractivity contribution in [3.63, 3.8) is 0 Å². The number of amides is 1. The summed E-state index contributed by atoms with van der Waals surface area (Å²) in [5, 5.41) is 3.18. The van der Waals surface area contributed by atoms with Gasteiger partial charge in [-0.3, -0.25) is 9.79 Å². The van der Waals surface area contributed by atoms with E-state index in [0.29, 0.717) is 12.4 Å². The molecule has 2 atom stereocenters. The first-order valence-electron chi connectivity index (χ1n) is 10.3. The van der Waals surface area contributed by atoms with E-state index in [1.807, 2.05) is 56.3 Å². The fourth-order valence-electron chi connectivity index (χ4n) is 3.62.